The number of hydrazine groups is 1. The highest BCUT2D eigenvalue weighted by Gasteiger charge is 2.49. The molecule has 1 saturated carbocycles. The van der Waals surface area contributed by atoms with Crippen LogP contribution in [0, 0.1) is 5.41 Å². The van der Waals surface area contributed by atoms with Crippen LogP contribution in [-0.4, -0.2) is 121 Å². The molecule has 6 heterocycles. The largest absolute Gasteiger partial charge is 0.495 e. The third-order valence-corrected chi connectivity index (χ3v) is 13.9. The van der Waals surface area contributed by atoms with E-state index in [9.17, 15) is 19.2 Å². The average molecular weight is 841 g/mol. The van der Waals surface area contributed by atoms with Gasteiger partial charge < -0.3 is 24.8 Å². The summed E-state index contributed by atoms with van der Waals surface area (Å²) in [6.45, 7) is 4.88. The highest BCUT2D eigenvalue weighted by atomic mass is 19.3. The number of imide groups is 1. The Balaban J connectivity index is 0.761. The van der Waals surface area contributed by atoms with E-state index < -0.39 is 18.4 Å². The van der Waals surface area contributed by atoms with Gasteiger partial charge in [0.15, 0.2) is 5.82 Å². The zero-order valence-corrected chi connectivity index (χ0v) is 34.8. The summed E-state index contributed by atoms with van der Waals surface area (Å²) in [6.07, 6.45) is 9.82. The summed E-state index contributed by atoms with van der Waals surface area (Å²) < 4.78 is 35.8. The SMILES string of the molecule is COc1cc(C(=O)NN2CCC(N3CC4(CCN(c5cccc(C6CCC(=O)NC6=O)c5)CC4)C3)CC2)ccc1Nc1ncc2c(n1)N(C1CCCC1)CC(F)(F)C(=O)N2C. The Morgan fingerprint density at radius 3 is 2.39 bits per heavy atom. The van der Waals surface area contributed by atoms with Crippen molar-refractivity contribution in [3.8, 4) is 5.75 Å². The number of alkyl halides is 2. The number of aromatic nitrogens is 2. The van der Waals surface area contributed by atoms with Crippen LogP contribution in [0.3, 0.4) is 0 Å². The van der Waals surface area contributed by atoms with E-state index in [0.29, 0.717) is 41.3 Å². The molecule has 1 aliphatic carbocycles. The zero-order valence-electron chi connectivity index (χ0n) is 34.8. The van der Waals surface area contributed by atoms with Crippen LogP contribution < -0.4 is 35.5 Å². The minimum atomic E-state index is -3.57. The normalized spacial score (nSPS) is 23.6. The summed E-state index contributed by atoms with van der Waals surface area (Å²) in [6, 6.07) is 13.6. The lowest BCUT2D eigenvalue weighted by atomic mass is 9.70. The lowest BCUT2D eigenvalue weighted by Gasteiger charge is -2.57. The van der Waals surface area contributed by atoms with Crippen molar-refractivity contribution in [2.75, 3.05) is 80.0 Å². The van der Waals surface area contributed by atoms with Crippen molar-refractivity contribution in [1.82, 2.24) is 30.6 Å². The molecule has 1 unspecified atom stereocenters. The predicted octanol–water partition coefficient (Wildman–Crippen LogP) is 4.82. The lowest BCUT2D eigenvalue weighted by Crippen LogP contribution is -2.64. The van der Waals surface area contributed by atoms with Gasteiger partial charge in [-0.15, -0.1) is 0 Å². The van der Waals surface area contributed by atoms with Crippen molar-refractivity contribution in [1.29, 1.82) is 0 Å². The number of ether oxygens (including phenoxy) is 1. The van der Waals surface area contributed by atoms with Gasteiger partial charge in [-0.25, -0.2) is 9.99 Å². The van der Waals surface area contributed by atoms with Crippen LogP contribution in [0.1, 0.15) is 86.0 Å². The molecule has 3 aromatic rings. The van der Waals surface area contributed by atoms with E-state index >= 15 is 8.78 Å². The number of methoxy groups -OCH3 is 1. The molecule has 2 aromatic carbocycles. The number of benzene rings is 2. The summed E-state index contributed by atoms with van der Waals surface area (Å²) in [5.41, 5.74) is 6.66. The van der Waals surface area contributed by atoms with Crippen molar-refractivity contribution in [3.05, 3.63) is 59.8 Å². The summed E-state index contributed by atoms with van der Waals surface area (Å²) in [5.74, 6) is -4.97. The number of halogens is 2. The van der Waals surface area contributed by atoms with E-state index in [-0.39, 0.29) is 47.1 Å². The van der Waals surface area contributed by atoms with Gasteiger partial charge in [-0.05, 0) is 86.3 Å². The van der Waals surface area contributed by atoms with Gasteiger partial charge in [0.2, 0.25) is 17.8 Å². The van der Waals surface area contributed by atoms with Crippen molar-refractivity contribution in [2.45, 2.75) is 88.1 Å². The average Bonchev–Trinajstić information content (AvgIpc) is 3.78. The van der Waals surface area contributed by atoms with Gasteiger partial charge in [-0.2, -0.15) is 13.8 Å². The summed E-state index contributed by atoms with van der Waals surface area (Å²) in [5, 5.41) is 7.61. The Labute approximate surface area is 354 Å². The molecule has 6 aliphatic rings. The van der Waals surface area contributed by atoms with E-state index in [1.54, 1.807) is 23.1 Å². The second-order valence-electron chi connectivity index (χ2n) is 17.7. The first-order valence-corrected chi connectivity index (χ1v) is 21.6. The van der Waals surface area contributed by atoms with Gasteiger partial charge >= 0.3 is 5.92 Å². The number of amides is 4. The Morgan fingerprint density at radius 1 is 0.918 bits per heavy atom. The predicted molar refractivity (Wildman–Crippen MR) is 225 cm³/mol. The van der Waals surface area contributed by atoms with Crippen LogP contribution >= 0.6 is 0 Å². The Morgan fingerprint density at radius 2 is 1.67 bits per heavy atom. The first kappa shape index (κ1) is 41.0. The molecule has 5 fully saturated rings. The van der Waals surface area contributed by atoms with E-state index in [1.807, 2.05) is 17.1 Å². The number of hydrogen-bond acceptors (Lipinski definition) is 12. The zero-order chi connectivity index (χ0) is 42.5. The van der Waals surface area contributed by atoms with Crippen LogP contribution in [0.5, 0.6) is 5.75 Å². The number of piperidine rings is 3. The molecule has 61 heavy (non-hydrogen) atoms. The molecule has 5 aliphatic heterocycles. The first-order valence-electron chi connectivity index (χ1n) is 21.6. The molecule has 1 aromatic heterocycles. The van der Waals surface area contributed by atoms with Crippen LogP contribution in [0.15, 0.2) is 48.7 Å². The highest BCUT2D eigenvalue weighted by molar-refractivity contribution is 6.02. The molecule has 0 bridgehead atoms. The summed E-state index contributed by atoms with van der Waals surface area (Å²) in [4.78, 5) is 66.8. The quantitative estimate of drug-likeness (QED) is 0.253. The Hall–Kier alpha value is -5.42. The van der Waals surface area contributed by atoms with E-state index in [2.05, 4.69) is 48.0 Å². The molecule has 324 valence electrons. The third-order valence-electron chi connectivity index (χ3n) is 13.9. The molecule has 9 rings (SSSR count). The van der Waals surface area contributed by atoms with Crippen LogP contribution in [0.2, 0.25) is 0 Å². The first-order chi connectivity index (χ1) is 29.4. The molecule has 4 saturated heterocycles. The molecular weight excluding hydrogens is 787 g/mol. The fourth-order valence-corrected chi connectivity index (χ4v) is 10.3. The second kappa shape index (κ2) is 16.5. The number of carbonyl (C=O) groups is 4. The number of anilines is 5. The molecular formula is C44H54F2N10O5. The van der Waals surface area contributed by atoms with Crippen molar-refractivity contribution in [3.63, 3.8) is 0 Å². The molecule has 15 nitrogen and oxygen atoms in total. The maximum Gasteiger partial charge on any atom is 0.342 e. The van der Waals surface area contributed by atoms with Gasteiger partial charge in [-0.1, -0.05) is 25.0 Å². The van der Waals surface area contributed by atoms with Crippen molar-refractivity contribution < 1.29 is 32.7 Å². The fraction of sp³-hybridized carbons (Fsp3) is 0.545. The van der Waals surface area contributed by atoms with Gasteiger partial charge in [0, 0.05) is 76.1 Å². The lowest BCUT2D eigenvalue weighted by molar-refractivity contribution is -0.140. The van der Waals surface area contributed by atoms with E-state index in [4.69, 9.17) is 4.74 Å². The summed E-state index contributed by atoms with van der Waals surface area (Å²) in [7, 11) is 2.82. The second-order valence-corrected chi connectivity index (χ2v) is 17.7. The standard InChI is InChI=1S/C44H54F2N10O5/c1-52-35-24-47-42(50-38(35)56(31-7-3-4-8-31)27-44(45,46)41(52)60)48-34-12-10-29(23-36(34)61-2)39(58)51-55-18-14-30(15-19-55)54-25-43(26-54)16-20-53(21-17-43)32-9-5-6-28(22-32)33-11-13-37(57)49-40(33)59/h5-6,9-10,12,22-24,30-31,33H,3-4,7-8,11,13-21,25-27H2,1-2H3,(H,51,58)(H,47,48,50)(H,49,57,59). The topological polar surface area (TPSA) is 156 Å². The highest BCUT2D eigenvalue weighted by Crippen LogP contribution is 2.44. The number of likely N-dealkylation sites (tertiary alicyclic amines) is 1. The van der Waals surface area contributed by atoms with Crippen molar-refractivity contribution >= 4 is 52.5 Å². The number of nitrogens with zero attached hydrogens (tertiary/aromatic N) is 7. The van der Waals surface area contributed by atoms with Crippen molar-refractivity contribution in [2.24, 2.45) is 5.41 Å². The third kappa shape index (κ3) is 8.21. The van der Waals surface area contributed by atoms with Gasteiger partial charge in [0.05, 0.1) is 31.5 Å². The monoisotopic (exact) mass is 840 g/mol. The number of rotatable bonds is 9. The maximum atomic E-state index is 15.1. The molecule has 3 N–H and O–H groups in total. The summed E-state index contributed by atoms with van der Waals surface area (Å²) >= 11 is 0. The number of carbonyl (C=O) groups excluding carboxylic acids is 4. The van der Waals surface area contributed by atoms with Gasteiger partial charge in [0.25, 0.3) is 11.8 Å². The molecule has 0 radical (unpaired) electrons. The minimum Gasteiger partial charge on any atom is -0.495 e. The number of hydrogen-bond donors (Lipinski definition) is 3. The van der Waals surface area contributed by atoms with E-state index in [1.165, 1.54) is 20.4 Å². The van der Waals surface area contributed by atoms with Crippen LogP contribution in [0.4, 0.5) is 37.6 Å². The molecule has 17 heteroatoms. The molecule has 1 spiro atoms. The van der Waals surface area contributed by atoms with Crippen LogP contribution in [-0.2, 0) is 14.4 Å². The Kier molecular flexibility index (Phi) is 11.0. The van der Waals surface area contributed by atoms with Gasteiger partial charge in [-0.3, -0.25) is 34.8 Å². The van der Waals surface area contributed by atoms with Gasteiger partial charge in [0.1, 0.15) is 11.4 Å². The molecule has 1 atom stereocenters. The van der Waals surface area contributed by atoms with Crippen LogP contribution in [0.25, 0.3) is 0 Å². The van der Waals surface area contributed by atoms with E-state index in [0.717, 1.165) is 107 Å². The number of nitrogens with one attached hydrogen (secondary N) is 3. The molecule has 4 amide bonds. The smallest absolute Gasteiger partial charge is 0.342 e. The number of fused-ring (bicyclic) bond motifs is 1. The maximum absolute atomic E-state index is 15.1. The fourth-order valence-electron chi connectivity index (χ4n) is 10.3. The Bertz CT molecular complexity index is 2180. The minimum absolute atomic E-state index is 0.152.